The molecule has 0 bridgehead atoms. The van der Waals surface area contributed by atoms with E-state index in [1.807, 2.05) is 6.07 Å². The van der Waals surface area contributed by atoms with Gasteiger partial charge in [0.25, 0.3) is 0 Å². The summed E-state index contributed by atoms with van der Waals surface area (Å²) < 4.78 is 1.43. The van der Waals surface area contributed by atoms with E-state index in [1.165, 1.54) is 23.4 Å². The number of carbonyl (C=O) groups excluding carboxylic acids is 1. The zero-order valence-corrected chi connectivity index (χ0v) is 12.4. The zero-order valence-electron chi connectivity index (χ0n) is 11.6. The van der Waals surface area contributed by atoms with Gasteiger partial charge >= 0.3 is 0 Å². The van der Waals surface area contributed by atoms with Crippen molar-refractivity contribution in [2.45, 2.75) is 19.4 Å². The molecule has 0 spiro atoms. The number of nitriles is 1. The summed E-state index contributed by atoms with van der Waals surface area (Å²) in [6.07, 6.45) is 4.34. The van der Waals surface area contributed by atoms with Gasteiger partial charge in [-0.3, -0.25) is 4.79 Å². The van der Waals surface area contributed by atoms with Crippen molar-refractivity contribution in [1.82, 2.24) is 14.8 Å². The Bertz CT molecular complexity index is 709. The molecule has 2 aromatic rings. The summed E-state index contributed by atoms with van der Waals surface area (Å²) in [7, 11) is 0. The highest BCUT2D eigenvalue weighted by Gasteiger charge is 2.33. The number of allylic oxidation sites excluding steroid dienone is 1. The highest BCUT2D eigenvalue weighted by atomic mass is 35.5. The molecule has 21 heavy (non-hydrogen) atoms. The van der Waals surface area contributed by atoms with E-state index in [0.29, 0.717) is 5.02 Å². The number of Topliss-reactive ketones (excluding diaryl/α,β-unsaturated/α-hetero) is 1. The van der Waals surface area contributed by atoms with Gasteiger partial charge < -0.3 is 0 Å². The van der Waals surface area contributed by atoms with Gasteiger partial charge in [0.2, 0.25) is 0 Å². The molecule has 0 atom stereocenters. The molecule has 0 unspecified atom stereocenters. The largest absolute Gasteiger partial charge is 0.291 e. The Hall–Kier alpha value is -2.45. The van der Waals surface area contributed by atoms with E-state index < -0.39 is 5.54 Å². The number of benzene rings is 1. The highest BCUT2D eigenvalue weighted by Crippen LogP contribution is 2.21. The summed E-state index contributed by atoms with van der Waals surface area (Å²) in [5, 5.41) is 13.8. The summed E-state index contributed by atoms with van der Waals surface area (Å²) in [4.78, 5) is 16.4. The number of aromatic nitrogens is 3. The van der Waals surface area contributed by atoms with E-state index in [4.69, 9.17) is 11.6 Å². The molecule has 0 radical (unpaired) electrons. The van der Waals surface area contributed by atoms with E-state index >= 15 is 0 Å². The van der Waals surface area contributed by atoms with E-state index in [0.717, 1.165) is 5.56 Å². The van der Waals surface area contributed by atoms with Gasteiger partial charge in [0.15, 0.2) is 5.78 Å². The summed E-state index contributed by atoms with van der Waals surface area (Å²) in [5.41, 5.74) is -0.193. The summed E-state index contributed by atoms with van der Waals surface area (Å²) in [5.74, 6) is -0.328. The van der Waals surface area contributed by atoms with Gasteiger partial charge in [-0.05, 0) is 37.6 Å². The van der Waals surface area contributed by atoms with Gasteiger partial charge in [-0.15, -0.1) is 0 Å². The van der Waals surface area contributed by atoms with Crippen LogP contribution >= 0.6 is 11.6 Å². The second-order valence-corrected chi connectivity index (χ2v) is 5.39. The average Bonchev–Trinajstić information content (AvgIpc) is 3.01. The fourth-order valence-electron chi connectivity index (χ4n) is 1.80. The average molecular weight is 301 g/mol. The molecule has 0 N–H and O–H groups in total. The maximum atomic E-state index is 12.6. The first-order chi connectivity index (χ1) is 9.95. The van der Waals surface area contributed by atoms with Crippen LogP contribution in [0, 0.1) is 11.3 Å². The zero-order chi connectivity index (χ0) is 15.5. The minimum absolute atomic E-state index is 0.0535. The number of carbonyl (C=O) groups is 1. The van der Waals surface area contributed by atoms with Crippen molar-refractivity contribution in [3.05, 3.63) is 53.1 Å². The van der Waals surface area contributed by atoms with Crippen LogP contribution < -0.4 is 0 Å². The molecule has 1 heterocycles. The summed E-state index contributed by atoms with van der Waals surface area (Å²) >= 11 is 5.81. The Kier molecular flexibility index (Phi) is 4.20. The Morgan fingerprint density at radius 3 is 2.57 bits per heavy atom. The van der Waals surface area contributed by atoms with Crippen molar-refractivity contribution in [3.63, 3.8) is 0 Å². The standard InChI is InChI=1S/C15H13ClN4O/c1-15(2,20-10-18-9-19-20)14(21)12(8-17)7-11-3-5-13(16)6-4-11/h3-7,9-10H,1-2H3/b12-7+. The number of halogens is 1. The normalized spacial score (nSPS) is 12.0. The van der Waals surface area contributed by atoms with E-state index in [1.54, 1.807) is 38.1 Å². The third-order valence-corrected chi connectivity index (χ3v) is 3.35. The summed E-state index contributed by atoms with van der Waals surface area (Å²) in [6, 6.07) is 8.85. The monoisotopic (exact) mass is 300 g/mol. The molecule has 0 amide bonds. The van der Waals surface area contributed by atoms with Crippen LogP contribution in [-0.4, -0.2) is 20.5 Å². The van der Waals surface area contributed by atoms with E-state index in [9.17, 15) is 10.1 Å². The molecule has 1 aromatic heterocycles. The number of hydrogen-bond acceptors (Lipinski definition) is 4. The molecule has 2 rings (SSSR count). The molecule has 0 aliphatic heterocycles. The lowest BCUT2D eigenvalue weighted by Crippen LogP contribution is -2.37. The van der Waals surface area contributed by atoms with Crippen LogP contribution in [0.5, 0.6) is 0 Å². The third-order valence-electron chi connectivity index (χ3n) is 3.09. The van der Waals surface area contributed by atoms with Crippen LogP contribution in [0.15, 0.2) is 42.5 Å². The number of rotatable bonds is 4. The second kappa shape index (κ2) is 5.90. The molecule has 0 saturated heterocycles. The molecule has 0 aliphatic carbocycles. The van der Waals surface area contributed by atoms with Crippen LogP contribution in [0.2, 0.25) is 5.02 Å². The first-order valence-electron chi connectivity index (χ1n) is 6.22. The fraction of sp³-hybridized carbons (Fsp3) is 0.200. The Balaban J connectivity index is 2.35. The molecule has 6 heteroatoms. The van der Waals surface area contributed by atoms with Gasteiger partial charge in [0, 0.05) is 5.02 Å². The van der Waals surface area contributed by atoms with Crippen molar-refractivity contribution in [2.24, 2.45) is 0 Å². The third kappa shape index (κ3) is 3.18. The molecule has 0 saturated carbocycles. The van der Waals surface area contributed by atoms with Crippen molar-refractivity contribution < 1.29 is 4.79 Å². The second-order valence-electron chi connectivity index (χ2n) is 4.95. The molecule has 106 valence electrons. The molecule has 0 aliphatic rings. The first kappa shape index (κ1) is 14.9. The lowest BCUT2D eigenvalue weighted by atomic mass is 9.92. The smallest absolute Gasteiger partial charge is 0.200 e. The Morgan fingerprint density at radius 1 is 1.38 bits per heavy atom. The molecular formula is C15H13ClN4O. The first-order valence-corrected chi connectivity index (χ1v) is 6.60. The van der Waals surface area contributed by atoms with E-state index in [2.05, 4.69) is 10.1 Å². The predicted octanol–water partition coefficient (Wildman–Crippen LogP) is 2.84. The van der Waals surface area contributed by atoms with Crippen molar-refractivity contribution >= 4 is 23.5 Å². The van der Waals surface area contributed by atoms with Crippen molar-refractivity contribution in [2.75, 3.05) is 0 Å². The van der Waals surface area contributed by atoms with Crippen LogP contribution in [0.25, 0.3) is 6.08 Å². The molecular weight excluding hydrogens is 288 g/mol. The maximum absolute atomic E-state index is 12.6. The topological polar surface area (TPSA) is 71.6 Å². The van der Waals surface area contributed by atoms with Gasteiger partial charge in [-0.2, -0.15) is 10.4 Å². The molecule has 0 fully saturated rings. The number of nitrogens with zero attached hydrogens (tertiary/aromatic N) is 4. The van der Waals surface area contributed by atoms with Gasteiger partial charge in [-0.25, -0.2) is 9.67 Å². The molecule has 1 aromatic carbocycles. The van der Waals surface area contributed by atoms with Gasteiger partial charge in [-0.1, -0.05) is 23.7 Å². The number of hydrogen-bond donors (Lipinski definition) is 0. The van der Waals surface area contributed by atoms with Crippen LogP contribution in [-0.2, 0) is 10.3 Å². The lowest BCUT2D eigenvalue weighted by Gasteiger charge is -2.22. The van der Waals surface area contributed by atoms with Crippen LogP contribution in [0.3, 0.4) is 0 Å². The quantitative estimate of drug-likeness (QED) is 0.643. The van der Waals surface area contributed by atoms with Gasteiger partial charge in [0.05, 0.1) is 5.57 Å². The summed E-state index contributed by atoms with van der Waals surface area (Å²) in [6.45, 7) is 3.38. The minimum atomic E-state index is -0.982. The SMILES string of the molecule is CC(C)(C(=O)/C(C#N)=C/c1ccc(Cl)cc1)n1cncn1. The van der Waals surface area contributed by atoms with Gasteiger partial charge in [0.1, 0.15) is 24.3 Å². The maximum Gasteiger partial charge on any atom is 0.200 e. The van der Waals surface area contributed by atoms with Crippen molar-refractivity contribution in [1.29, 1.82) is 5.26 Å². The van der Waals surface area contributed by atoms with E-state index in [-0.39, 0.29) is 11.4 Å². The fourth-order valence-corrected chi connectivity index (χ4v) is 1.93. The van der Waals surface area contributed by atoms with Crippen LogP contribution in [0.4, 0.5) is 0 Å². The number of ketones is 1. The lowest BCUT2D eigenvalue weighted by molar-refractivity contribution is -0.122. The van der Waals surface area contributed by atoms with Crippen molar-refractivity contribution in [3.8, 4) is 6.07 Å². The van der Waals surface area contributed by atoms with Crippen LogP contribution in [0.1, 0.15) is 19.4 Å². The predicted molar refractivity (Wildman–Crippen MR) is 79.4 cm³/mol. The Morgan fingerprint density at radius 2 is 2.05 bits per heavy atom. The minimum Gasteiger partial charge on any atom is -0.291 e. The highest BCUT2D eigenvalue weighted by molar-refractivity contribution is 6.30. The molecule has 5 nitrogen and oxygen atoms in total. The Labute approximate surface area is 127 Å².